The van der Waals surface area contributed by atoms with Crippen LogP contribution >= 0.6 is 0 Å². The van der Waals surface area contributed by atoms with Crippen LogP contribution in [0.2, 0.25) is 0 Å². The number of rotatable bonds is 8. The molecule has 3 aromatic carbocycles. The van der Waals surface area contributed by atoms with Crippen molar-refractivity contribution in [1.29, 1.82) is 0 Å². The van der Waals surface area contributed by atoms with Crippen LogP contribution in [0.15, 0.2) is 66.7 Å². The minimum atomic E-state index is -0.449. The number of nitrogens with one attached hydrogen (secondary N) is 1. The molecule has 3 aromatic rings. The summed E-state index contributed by atoms with van der Waals surface area (Å²) in [6.07, 6.45) is 0.450. The van der Waals surface area contributed by atoms with E-state index in [2.05, 4.69) is 5.32 Å². The minimum absolute atomic E-state index is 0.0257. The number of hydrogen-bond donors (Lipinski definition) is 1. The molecular formula is C23H22N2O5. The average molecular weight is 406 g/mol. The van der Waals surface area contributed by atoms with E-state index < -0.39 is 4.92 Å². The fourth-order valence-corrected chi connectivity index (χ4v) is 3.02. The summed E-state index contributed by atoms with van der Waals surface area (Å²) in [5.41, 5.74) is 3.13. The molecule has 3 rings (SSSR count). The molecule has 0 spiro atoms. The number of nitro groups is 1. The fourth-order valence-electron chi connectivity index (χ4n) is 3.02. The number of anilines is 1. The highest BCUT2D eigenvalue weighted by atomic mass is 16.6. The first-order valence-corrected chi connectivity index (χ1v) is 9.35. The van der Waals surface area contributed by atoms with E-state index in [9.17, 15) is 14.9 Å². The zero-order valence-corrected chi connectivity index (χ0v) is 16.8. The number of nitro benzene ring substituents is 1. The van der Waals surface area contributed by atoms with E-state index in [-0.39, 0.29) is 18.2 Å². The molecule has 0 unspecified atom stereocenters. The van der Waals surface area contributed by atoms with Gasteiger partial charge in [0.05, 0.1) is 17.7 Å². The summed E-state index contributed by atoms with van der Waals surface area (Å²) < 4.78 is 11.0. The van der Waals surface area contributed by atoms with Crippen LogP contribution < -0.4 is 14.8 Å². The summed E-state index contributed by atoms with van der Waals surface area (Å²) >= 11 is 0. The van der Waals surface area contributed by atoms with Gasteiger partial charge in [-0.1, -0.05) is 36.4 Å². The van der Waals surface area contributed by atoms with Gasteiger partial charge in [0.25, 0.3) is 11.6 Å². The van der Waals surface area contributed by atoms with Crippen molar-refractivity contribution >= 4 is 17.3 Å². The van der Waals surface area contributed by atoms with E-state index in [1.807, 2.05) is 49.4 Å². The molecule has 7 nitrogen and oxygen atoms in total. The zero-order valence-electron chi connectivity index (χ0n) is 16.8. The Bertz CT molecular complexity index is 1050. The molecule has 1 amide bonds. The summed E-state index contributed by atoms with van der Waals surface area (Å²) in [4.78, 5) is 23.1. The van der Waals surface area contributed by atoms with Gasteiger partial charge in [0.1, 0.15) is 11.5 Å². The van der Waals surface area contributed by atoms with E-state index in [4.69, 9.17) is 9.47 Å². The number of carbonyl (C=O) groups excluding carboxylic acids is 1. The highest BCUT2D eigenvalue weighted by molar-refractivity contribution is 5.93. The lowest BCUT2D eigenvalue weighted by Gasteiger charge is -2.13. The third kappa shape index (κ3) is 5.35. The molecule has 0 aliphatic rings. The fraction of sp³-hybridized carbons (Fsp3) is 0.174. The van der Waals surface area contributed by atoms with Gasteiger partial charge < -0.3 is 14.8 Å². The van der Waals surface area contributed by atoms with Crippen LogP contribution in [0.4, 0.5) is 11.4 Å². The summed E-state index contributed by atoms with van der Waals surface area (Å²) in [5, 5.41) is 13.9. The summed E-state index contributed by atoms with van der Waals surface area (Å²) in [6.45, 7) is 1.68. The maximum atomic E-state index is 12.4. The number of amides is 1. The van der Waals surface area contributed by atoms with Gasteiger partial charge in [0, 0.05) is 24.1 Å². The van der Waals surface area contributed by atoms with E-state index in [0.717, 1.165) is 11.1 Å². The van der Waals surface area contributed by atoms with Gasteiger partial charge >= 0.3 is 0 Å². The molecule has 7 heteroatoms. The molecule has 154 valence electrons. The Kier molecular flexibility index (Phi) is 6.64. The van der Waals surface area contributed by atoms with Crippen molar-refractivity contribution in [3.63, 3.8) is 0 Å². The van der Waals surface area contributed by atoms with Crippen molar-refractivity contribution in [2.24, 2.45) is 0 Å². The molecule has 0 heterocycles. The van der Waals surface area contributed by atoms with Gasteiger partial charge in [-0.3, -0.25) is 14.9 Å². The summed E-state index contributed by atoms with van der Waals surface area (Å²) in [7, 11) is 1.53. The first-order valence-electron chi connectivity index (χ1n) is 9.35. The van der Waals surface area contributed by atoms with Gasteiger partial charge in [-0.05, 0) is 36.2 Å². The van der Waals surface area contributed by atoms with Crippen LogP contribution in [0.3, 0.4) is 0 Å². The number of hydrogen-bond acceptors (Lipinski definition) is 5. The number of aryl methyl sites for hydroxylation is 1. The minimum Gasteiger partial charge on any atom is -0.495 e. The van der Waals surface area contributed by atoms with Crippen LogP contribution in [0, 0.1) is 17.0 Å². The number of methoxy groups -OCH3 is 1. The monoisotopic (exact) mass is 406 g/mol. The number of non-ortho nitro benzene ring substituents is 1. The van der Waals surface area contributed by atoms with E-state index in [1.165, 1.54) is 25.3 Å². The standard InChI is InChI=1S/C23H22N2O5/c1-16-8-10-22(29-2)20(12-16)24-23(26)15-30-21-11-9-19(25(27)28)14-18(21)13-17-6-4-3-5-7-17/h3-12,14H,13,15H2,1-2H3,(H,24,26). The first-order chi connectivity index (χ1) is 14.5. The summed E-state index contributed by atoms with van der Waals surface area (Å²) in [5.74, 6) is 0.618. The average Bonchev–Trinajstić information content (AvgIpc) is 2.73. The second kappa shape index (κ2) is 9.56. The Balaban J connectivity index is 1.75. The number of carbonyl (C=O) groups is 1. The normalized spacial score (nSPS) is 10.3. The van der Waals surface area contributed by atoms with Crippen molar-refractivity contribution < 1.29 is 19.2 Å². The lowest BCUT2D eigenvalue weighted by Crippen LogP contribution is -2.21. The lowest BCUT2D eigenvalue weighted by molar-refractivity contribution is -0.384. The summed E-state index contributed by atoms with van der Waals surface area (Å²) in [6, 6.07) is 19.4. The van der Waals surface area contributed by atoms with Gasteiger partial charge in [0.15, 0.2) is 6.61 Å². The van der Waals surface area contributed by atoms with E-state index in [0.29, 0.717) is 29.2 Å². The second-order valence-electron chi connectivity index (χ2n) is 6.75. The van der Waals surface area contributed by atoms with Crippen LogP contribution in [0.25, 0.3) is 0 Å². The maximum Gasteiger partial charge on any atom is 0.269 e. The van der Waals surface area contributed by atoms with Crippen LogP contribution in [-0.4, -0.2) is 24.5 Å². The number of ether oxygens (including phenoxy) is 2. The molecule has 0 aliphatic carbocycles. The zero-order chi connectivity index (χ0) is 21.5. The van der Waals surface area contributed by atoms with Gasteiger partial charge in [-0.2, -0.15) is 0 Å². The highest BCUT2D eigenvalue weighted by Crippen LogP contribution is 2.28. The Hall–Kier alpha value is -3.87. The SMILES string of the molecule is COc1ccc(C)cc1NC(=O)COc1ccc([N+](=O)[O-])cc1Cc1ccccc1. The van der Waals surface area contributed by atoms with Crippen molar-refractivity contribution in [1.82, 2.24) is 0 Å². The Morgan fingerprint density at radius 3 is 2.47 bits per heavy atom. The highest BCUT2D eigenvalue weighted by Gasteiger charge is 2.14. The number of nitrogens with zero attached hydrogens (tertiary/aromatic N) is 1. The Morgan fingerprint density at radius 1 is 1.03 bits per heavy atom. The van der Waals surface area contributed by atoms with Crippen LogP contribution in [0.1, 0.15) is 16.7 Å². The number of benzene rings is 3. The molecule has 0 aromatic heterocycles. The molecule has 30 heavy (non-hydrogen) atoms. The smallest absolute Gasteiger partial charge is 0.269 e. The van der Waals surface area contributed by atoms with Gasteiger partial charge in [0.2, 0.25) is 0 Å². The molecule has 0 fully saturated rings. The maximum absolute atomic E-state index is 12.4. The Morgan fingerprint density at radius 2 is 1.77 bits per heavy atom. The molecular weight excluding hydrogens is 384 g/mol. The molecule has 0 bridgehead atoms. The van der Waals surface area contributed by atoms with Crippen molar-refractivity contribution in [2.75, 3.05) is 19.0 Å². The van der Waals surface area contributed by atoms with Crippen LogP contribution in [-0.2, 0) is 11.2 Å². The third-order valence-corrected chi connectivity index (χ3v) is 4.48. The van der Waals surface area contributed by atoms with E-state index >= 15 is 0 Å². The predicted octanol–water partition coefficient (Wildman–Crippen LogP) is 4.52. The van der Waals surface area contributed by atoms with Crippen molar-refractivity contribution in [3.8, 4) is 11.5 Å². The topological polar surface area (TPSA) is 90.7 Å². The Labute approximate surface area is 174 Å². The quantitative estimate of drug-likeness (QED) is 0.439. The third-order valence-electron chi connectivity index (χ3n) is 4.48. The molecule has 0 saturated carbocycles. The van der Waals surface area contributed by atoms with E-state index in [1.54, 1.807) is 6.07 Å². The second-order valence-corrected chi connectivity index (χ2v) is 6.75. The predicted molar refractivity (Wildman–Crippen MR) is 114 cm³/mol. The molecule has 0 atom stereocenters. The molecule has 0 saturated heterocycles. The molecule has 0 radical (unpaired) electrons. The molecule has 0 aliphatic heterocycles. The largest absolute Gasteiger partial charge is 0.495 e. The van der Waals surface area contributed by atoms with Crippen molar-refractivity contribution in [3.05, 3.63) is 93.5 Å². The molecule has 1 N–H and O–H groups in total. The van der Waals surface area contributed by atoms with Gasteiger partial charge in [-0.25, -0.2) is 0 Å². The van der Waals surface area contributed by atoms with Crippen molar-refractivity contribution in [2.45, 2.75) is 13.3 Å². The first kappa shape index (κ1) is 20.9. The van der Waals surface area contributed by atoms with Crippen LogP contribution in [0.5, 0.6) is 11.5 Å². The van der Waals surface area contributed by atoms with Gasteiger partial charge in [-0.15, -0.1) is 0 Å². The lowest BCUT2D eigenvalue weighted by atomic mass is 10.0.